The number of benzene rings is 1. The van der Waals surface area contributed by atoms with E-state index in [2.05, 4.69) is 20.6 Å². The van der Waals surface area contributed by atoms with Crippen molar-refractivity contribution in [3.63, 3.8) is 0 Å². The van der Waals surface area contributed by atoms with Crippen LogP contribution >= 0.6 is 0 Å². The number of aliphatic hydroxyl groups is 1. The molecular formula is C22H27N5O3. The Hall–Kier alpha value is -2.81. The van der Waals surface area contributed by atoms with Crippen molar-refractivity contribution in [2.45, 2.75) is 37.7 Å². The fourth-order valence-corrected chi connectivity index (χ4v) is 3.56. The van der Waals surface area contributed by atoms with Crippen LogP contribution in [0.2, 0.25) is 0 Å². The Morgan fingerprint density at radius 2 is 2.03 bits per heavy atom. The Morgan fingerprint density at radius 3 is 2.77 bits per heavy atom. The highest BCUT2D eigenvalue weighted by molar-refractivity contribution is 6.00. The first-order chi connectivity index (χ1) is 14.7. The van der Waals surface area contributed by atoms with E-state index in [0.29, 0.717) is 17.7 Å². The van der Waals surface area contributed by atoms with Crippen molar-refractivity contribution in [1.82, 2.24) is 15.6 Å². The lowest BCUT2D eigenvalue weighted by atomic mass is 10.1. The summed E-state index contributed by atoms with van der Waals surface area (Å²) in [6.45, 7) is 1.80. The quantitative estimate of drug-likeness (QED) is 0.645. The summed E-state index contributed by atoms with van der Waals surface area (Å²) in [4.78, 5) is 13.5. The molecule has 2 aromatic rings. The van der Waals surface area contributed by atoms with Crippen LogP contribution < -0.4 is 20.1 Å². The summed E-state index contributed by atoms with van der Waals surface area (Å²) < 4.78 is 11.4. The molecule has 0 spiro atoms. The first-order valence-corrected chi connectivity index (χ1v) is 10.2. The summed E-state index contributed by atoms with van der Waals surface area (Å²) in [5, 5.41) is 16.4. The van der Waals surface area contributed by atoms with Gasteiger partial charge in [0.25, 0.3) is 0 Å². The molecule has 3 heterocycles. The Kier molecular flexibility index (Phi) is 6.68. The van der Waals surface area contributed by atoms with Gasteiger partial charge < -0.3 is 19.9 Å². The van der Waals surface area contributed by atoms with Crippen LogP contribution in [0.3, 0.4) is 0 Å². The smallest absolute Gasteiger partial charge is 0.215 e. The molecule has 8 nitrogen and oxygen atoms in total. The average Bonchev–Trinajstić information content (AvgIpc) is 3.32. The highest BCUT2D eigenvalue weighted by Gasteiger charge is 2.25. The number of nitrogens with zero attached hydrogens (tertiary/aromatic N) is 3. The zero-order valence-corrected chi connectivity index (χ0v) is 17.0. The van der Waals surface area contributed by atoms with Crippen molar-refractivity contribution in [2.24, 2.45) is 9.98 Å². The summed E-state index contributed by atoms with van der Waals surface area (Å²) in [7, 11) is 1.63. The molecule has 3 unspecified atom stereocenters. The molecule has 2 aliphatic heterocycles. The van der Waals surface area contributed by atoms with Gasteiger partial charge in [-0.1, -0.05) is 0 Å². The Labute approximate surface area is 176 Å². The maximum Gasteiger partial charge on any atom is 0.215 e. The minimum atomic E-state index is -0.458. The lowest BCUT2D eigenvalue weighted by Crippen LogP contribution is -2.47. The van der Waals surface area contributed by atoms with Crippen LogP contribution in [-0.2, 0) is 6.61 Å². The molecule has 3 atom stereocenters. The molecule has 1 fully saturated rings. The first kappa shape index (κ1) is 20.5. The van der Waals surface area contributed by atoms with Crippen molar-refractivity contribution < 1.29 is 14.6 Å². The number of methoxy groups -OCH3 is 1. The van der Waals surface area contributed by atoms with Crippen LogP contribution in [0.15, 0.2) is 52.7 Å². The zero-order valence-electron chi connectivity index (χ0n) is 17.0. The molecule has 30 heavy (non-hydrogen) atoms. The van der Waals surface area contributed by atoms with Crippen molar-refractivity contribution >= 4 is 12.1 Å². The lowest BCUT2D eigenvalue weighted by molar-refractivity contribution is 0.281. The molecule has 0 bridgehead atoms. The Balaban J connectivity index is 1.54. The fourth-order valence-electron chi connectivity index (χ4n) is 3.56. The van der Waals surface area contributed by atoms with Gasteiger partial charge in [-0.25, -0.2) is 4.99 Å². The predicted molar refractivity (Wildman–Crippen MR) is 115 cm³/mol. The zero-order chi connectivity index (χ0) is 20.8. The largest absolute Gasteiger partial charge is 0.497 e. The molecule has 3 N–H and O–H groups in total. The Bertz CT molecular complexity index is 894. The molecule has 0 radical (unpaired) electrons. The highest BCUT2D eigenvalue weighted by Crippen LogP contribution is 2.24. The molecule has 4 rings (SSSR count). The normalized spacial score (nSPS) is 23.3. The van der Waals surface area contributed by atoms with Crippen LogP contribution in [0.1, 0.15) is 30.1 Å². The number of aliphatic hydroxyl groups excluding tert-OH is 1. The van der Waals surface area contributed by atoms with E-state index in [0.717, 1.165) is 36.4 Å². The maximum atomic E-state index is 9.40. The number of rotatable bonds is 7. The van der Waals surface area contributed by atoms with Gasteiger partial charge in [-0.2, -0.15) is 0 Å². The van der Waals surface area contributed by atoms with E-state index in [1.807, 2.05) is 36.5 Å². The van der Waals surface area contributed by atoms with Gasteiger partial charge in [0.2, 0.25) is 5.90 Å². The van der Waals surface area contributed by atoms with Crippen LogP contribution in [0, 0.1) is 0 Å². The van der Waals surface area contributed by atoms with E-state index in [4.69, 9.17) is 14.5 Å². The van der Waals surface area contributed by atoms with E-state index < -0.39 is 6.17 Å². The molecule has 1 aromatic carbocycles. The van der Waals surface area contributed by atoms with E-state index in [9.17, 15) is 5.11 Å². The van der Waals surface area contributed by atoms with Gasteiger partial charge in [0.05, 0.1) is 13.7 Å². The second-order valence-corrected chi connectivity index (χ2v) is 7.38. The highest BCUT2D eigenvalue weighted by atomic mass is 16.5. The molecule has 8 heteroatoms. The lowest BCUT2D eigenvalue weighted by Gasteiger charge is -2.24. The SMILES string of the molecule is COc1ccc(OC2=NC(c3cncc(CO)c3)N=CC2NCC2CCCN2)cc1. The third-order valence-electron chi connectivity index (χ3n) is 5.22. The van der Waals surface area contributed by atoms with Crippen molar-refractivity contribution in [2.75, 3.05) is 20.2 Å². The van der Waals surface area contributed by atoms with Gasteiger partial charge in [0.15, 0.2) is 6.17 Å². The molecular weight excluding hydrogens is 382 g/mol. The molecule has 0 amide bonds. The summed E-state index contributed by atoms with van der Waals surface area (Å²) in [6.07, 6.45) is 7.09. The fraction of sp³-hybridized carbons (Fsp3) is 0.409. The van der Waals surface area contributed by atoms with Gasteiger partial charge >= 0.3 is 0 Å². The minimum absolute atomic E-state index is 0.0746. The van der Waals surface area contributed by atoms with Crippen LogP contribution in [-0.4, -0.2) is 54.5 Å². The first-order valence-electron chi connectivity index (χ1n) is 10.2. The second-order valence-electron chi connectivity index (χ2n) is 7.38. The number of pyridine rings is 1. The number of ether oxygens (including phenoxy) is 2. The van der Waals surface area contributed by atoms with Gasteiger partial charge in [0, 0.05) is 36.8 Å². The van der Waals surface area contributed by atoms with Gasteiger partial charge in [-0.15, -0.1) is 0 Å². The predicted octanol–water partition coefficient (Wildman–Crippen LogP) is 1.85. The van der Waals surface area contributed by atoms with Crippen LogP contribution in [0.25, 0.3) is 0 Å². The molecule has 158 valence electrons. The topological polar surface area (TPSA) is 100 Å². The maximum absolute atomic E-state index is 9.40. The average molecular weight is 409 g/mol. The summed E-state index contributed by atoms with van der Waals surface area (Å²) in [6, 6.07) is 9.49. The number of hydrogen-bond acceptors (Lipinski definition) is 8. The standard InChI is InChI=1S/C22H27N5O3/c1-29-18-4-6-19(7-5-18)30-22-20(25-12-17-3-2-8-24-17)13-26-21(27-22)16-9-15(14-28)10-23-11-16/h4-7,9-11,13,17,20-21,24-25,28H,2-3,8,12,14H2,1H3. The van der Waals surface area contributed by atoms with E-state index in [-0.39, 0.29) is 12.6 Å². The number of nitrogens with one attached hydrogen (secondary N) is 2. The van der Waals surface area contributed by atoms with Gasteiger partial charge in [-0.3, -0.25) is 15.3 Å². The van der Waals surface area contributed by atoms with Crippen molar-refractivity contribution in [3.8, 4) is 11.5 Å². The third kappa shape index (κ3) is 5.02. The molecule has 0 saturated carbocycles. The van der Waals surface area contributed by atoms with Crippen molar-refractivity contribution in [1.29, 1.82) is 0 Å². The second kappa shape index (κ2) is 9.80. The van der Waals surface area contributed by atoms with Crippen molar-refractivity contribution in [3.05, 3.63) is 53.9 Å². The molecule has 0 aliphatic carbocycles. The number of aromatic nitrogens is 1. The number of aliphatic imine (C=N–C) groups is 2. The minimum Gasteiger partial charge on any atom is -0.497 e. The van der Waals surface area contributed by atoms with E-state index in [1.54, 1.807) is 19.5 Å². The molecule has 1 aromatic heterocycles. The summed E-state index contributed by atoms with van der Waals surface area (Å²) in [5.74, 6) is 1.99. The van der Waals surface area contributed by atoms with E-state index >= 15 is 0 Å². The summed E-state index contributed by atoms with van der Waals surface area (Å²) in [5.41, 5.74) is 1.53. The third-order valence-corrected chi connectivity index (χ3v) is 5.22. The van der Waals surface area contributed by atoms with Crippen LogP contribution in [0.5, 0.6) is 11.5 Å². The number of hydrogen-bond donors (Lipinski definition) is 3. The van der Waals surface area contributed by atoms with Gasteiger partial charge in [-0.05, 0) is 55.3 Å². The molecule has 2 aliphatic rings. The molecule has 1 saturated heterocycles. The monoisotopic (exact) mass is 409 g/mol. The van der Waals surface area contributed by atoms with Gasteiger partial charge in [0.1, 0.15) is 17.5 Å². The van der Waals surface area contributed by atoms with E-state index in [1.165, 1.54) is 6.42 Å². The summed E-state index contributed by atoms with van der Waals surface area (Å²) >= 11 is 0. The van der Waals surface area contributed by atoms with Crippen LogP contribution in [0.4, 0.5) is 0 Å². The Morgan fingerprint density at radius 1 is 1.20 bits per heavy atom.